The van der Waals surface area contributed by atoms with Crippen molar-refractivity contribution in [3.05, 3.63) is 11.3 Å². The first kappa shape index (κ1) is 18.0. The van der Waals surface area contributed by atoms with Gasteiger partial charge < -0.3 is 24.4 Å². The third-order valence-corrected chi connectivity index (χ3v) is 7.40. The summed E-state index contributed by atoms with van der Waals surface area (Å²) in [6.07, 6.45) is 5.76. The van der Waals surface area contributed by atoms with Gasteiger partial charge in [0.15, 0.2) is 0 Å². The van der Waals surface area contributed by atoms with Crippen LogP contribution < -0.4 is 5.11 Å². The molecule has 0 aromatic carbocycles. The molecule has 0 radical (unpaired) electrons. The number of aliphatic hydroxyl groups excluding tert-OH is 1. The Kier molecular flexibility index (Phi) is 4.39. The summed E-state index contributed by atoms with van der Waals surface area (Å²) < 4.78 is 1.08. The molecule has 144 valence electrons. The van der Waals surface area contributed by atoms with Crippen LogP contribution in [0.3, 0.4) is 0 Å². The Bertz CT molecular complexity index is 650. The van der Waals surface area contributed by atoms with Gasteiger partial charge in [-0.15, -0.1) is 0 Å². The molecule has 0 unspecified atom stereocenters. The Morgan fingerprint density at radius 2 is 2.00 bits per heavy atom. The topological polar surface area (TPSA) is 80.7 Å². The molecule has 0 aromatic rings. The zero-order chi connectivity index (χ0) is 18.6. The average molecular weight is 362 g/mol. The van der Waals surface area contributed by atoms with Gasteiger partial charge in [0.05, 0.1) is 56.4 Å². The number of nitrogens with zero attached hydrogens (tertiary/aromatic N) is 2. The van der Waals surface area contributed by atoms with Crippen LogP contribution in [0.1, 0.15) is 45.4 Å². The van der Waals surface area contributed by atoms with Crippen molar-refractivity contribution in [3.8, 4) is 0 Å². The van der Waals surface area contributed by atoms with Crippen LogP contribution in [0.2, 0.25) is 0 Å². The number of carboxylic acid groups (broad SMARTS) is 1. The van der Waals surface area contributed by atoms with Crippen molar-refractivity contribution < 1.29 is 24.3 Å². The lowest BCUT2D eigenvalue weighted by molar-refractivity contribution is -0.898. The number of rotatable bonds is 5. The molecule has 1 saturated carbocycles. The third-order valence-electron chi connectivity index (χ3n) is 7.40. The lowest BCUT2D eigenvalue weighted by Crippen LogP contribution is -2.64. The van der Waals surface area contributed by atoms with E-state index in [0.29, 0.717) is 0 Å². The Morgan fingerprint density at radius 1 is 1.31 bits per heavy atom. The maximum absolute atomic E-state index is 12.5. The van der Waals surface area contributed by atoms with Gasteiger partial charge in [-0.2, -0.15) is 0 Å². The van der Waals surface area contributed by atoms with Gasteiger partial charge >= 0.3 is 0 Å². The highest BCUT2D eigenvalue weighted by Crippen LogP contribution is 2.54. The van der Waals surface area contributed by atoms with Crippen LogP contribution in [0, 0.1) is 17.8 Å². The number of β-lactam (4-membered cyclic amide) rings is 1. The Balaban J connectivity index is 1.60. The fourth-order valence-corrected chi connectivity index (χ4v) is 6.08. The van der Waals surface area contributed by atoms with E-state index in [0.717, 1.165) is 42.3 Å². The first-order chi connectivity index (χ1) is 12.3. The third kappa shape index (κ3) is 2.61. The van der Waals surface area contributed by atoms with Crippen molar-refractivity contribution in [2.75, 3.05) is 26.7 Å². The Labute approximate surface area is 155 Å². The molecule has 3 fully saturated rings. The number of carbonyl (C=O) groups excluding carboxylic acids is 2. The molecule has 6 heteroatoms. The standard InChI is InChI=1S/C20H30N2O4/c1-12(23)15-17-14-7-5-6-13(8-11-22(2)9-3-4-10-22)16(14)18(20(25)26)21(17)19(15)24/h12-15,17,23H,3-11H2,1-2H3/t12-,13+,14-,15-,17-/m1/s1. The Hall–Kier alpha value is -1.40. The minimum atomic E-state index is -1.22. The molecule has 6 nitrogen and oxygen atoms in total. The molecule has 5 atom stereocenters. The fourth-order valence-electron chi connectivity index (χ4n) is 6.08. The number of aliphatic hydroxyl groups is 1. The second-order valence-corrected chi connectivity index (χ2v) is 9.08. The van der Waals surface area contributed by atoms with Gasteiger partial charge in [0.25, 0.3) is 0 Å². The highest BCUT2D eigenvalue weighted by molar-refractivity contribution is 5.99. The molecule has 2 saturated heterocycles. The van der Waals surface area contributed by atoms with Gasteiger partial charge in [-0.25, -0.2) is 0 Å². The molecular formula is C20H30N2O4. The number of amides is 1. The molecule has 3 aliphatic heterocycles. The van der Waals surface area contributed by atoms with Crippen LogP contribution in [0.15, 0.2) is 11.3 Å². The van der Waals surface area contributed by atoms with E-state index < -0.39 is 18.0 Å². The van der Waals surface area contributed by atoms with E-state index in [1.54, 1.807) is 6.92 Å². The SMILES string of the molecule is C[C@@H](O)[C@H]1C(=O)N2C(C(=O)[O-])=C3[C@H](CC[N+]4(C)CCCC4)CCC[C@H]3[C@H]12. The highest BCUT2D eigenvalue weighted by atomic mass is 16.4. The molecule has 0 spiro atoms. The lowest BCUT2D eigenvalue weighted by Gasteiger charge is -2.48. The van der Waals surface area contributed by atoms with Crippen molar-refractivity contribution in [3.63, 3.8) is 0 Å². The van der Waals surface area contributed by atoms with Gasteiger partial charge in [-0.05, 0) is 31.3 Å². The Morgan fingerprint density at radius 3 is 2.62 bits per heavy atom. The molecule has 0 bridgehead atoms. The summed E-state index contributed by atoms with van der Waals surface area (Å²) in [7, 11) is 2.30. The minimum Gasteiger partial charge on any atom is -0.543 e. The van der Waals surface area contributed by atoms with E-state index in [-0.39, 0.29) is 29.5 Å². The van der Waals surface area contributed by atoms with Gasteiger partial charge in [-0.1, -0.05) is 6.42 Å². The van der Waals surface area contributed by atoms with Crippen molar-refractivity contribution >= 4 is 11.9 Å². The molecule has 1 N–H and O–H groups in total. The van der Waals surface area contributed by atoms with Crippen LogP contribution in [0.25, 0.3) is 0 Å². The predicted octanol–water partition coefficient (Wildman–Crippen LogP) is 0.259. The zero-order valence-electron chi connectivity index (χ0n) is 15.8. The first-order valence-electron chi connectivity index (χ1n) is 10.1. The molecule has 4 rings (SSSR count). The number of hydrogen-bond acceptors (Lipinski definition) is 4. The summed E-state index contributed by atoms with van der Waals surface area (Å²) in [5, 5.41) is 21.9. The van der Waals surface area contributed by atoms with E-state index in [9.17, 15) is 19.8 Å². The number of aliphatic carboxylic acids is 1. The highest BCUT2D eigenvalue weighted by Gasteiger charge is 2.60. The van der Waals surface area contributed by atoms with Crippen LogP contribution >= 0.6 is 0 Å². The van der Waals surface area contributed by atoms with E-state index >= 15 is 0 Å². The fraction of sp³-hybridized carbons (Fsp3) is 0.800. The zero-order valence-corrected chi connectivity index (χ0v) is 15.8. The molecule has 4 aliphatic rings. The second kappa shape index (κ2) is 6.34. The monoisotopic (exact) mass is 362 g/mol. The van der Waals surface area contributed by atoms with E-state index in [4.69, 9.17) is 0 Å². The first-order valence-corrected chi connectivity index (χ1v) is 10.1. The molecular weight excluding hydrogens is 332 g/mol. The van der Waals surface area contributed by atoms with E-state index in [1.165, 1.54) is 30.8 Å². The normalized spacial score (nSPS) is 36.6. The van der Waals surface area contributed by atoms with Crippen LogP contribution in [-0.2, 0) is 9.59 Å². The van der Waals surface area contributed by atoms with Crippen LogP contribution in [-0.4, -0.2) is 65.2 Å². The van der Waals surface area contributed by atoms with Gasteiger partial charge in [0.1, 0.15) is 0 Å². The summed E-state index contributed by atoms with van der Waals surface area (Å²) >= 11 is 0. The number of fused-ring (bicyclic) bond motifs is 3. The number of likely N-dealkylation sites (tertiary alicyclic amines) is 1. The summed E-state index contributed by atoms with van der Waals surface area (Å²) in [6, 6.07) is -0.176. The summed E-state index contributed by atoms with van der Waals surface area (Å²) in [5.74, 6) is -1.62. The number of carbonyl (C=O) groups is 2. The largest absolute Gasteiger partial charge is 0.543 e. The molecule has 1 aliphatic carbocycles. The molecule has 3 heterocycles. The predicted molar refractivity (Wildman–Crippen MR) is 93.3 cm³/mol. The minimum absolute atomic E-state index is 0.0860. The number of hydrogen-bond donors (Lipinski definition) is 1. The van der Waals surface area contributed by atoms with Crippen molar-refractivity contribution in [1.29, 1.82) is 0 Å². The quantitative estimate of drug-likeness (QED) is 0.562. The van der Waals surface area contributed by atoms with E-state index in [2.05, 4.69) is 7.05 Å². The molecule has 26 heavy (non-hydrogen) atoms. The van der Waals surface area contributed by atoms with Crippen LogP contribution in [0.5, 0.6) is 0 Å². The second-order valence-electron chi connectivity index (χ2n) is 9.08. The number of carboxylic acids is 1. The van der Waals surface area contributed by atoms with Gasteiger partial charge in [0, 0.05) is 25.2 Å². The van der Waals surface area contributed by atoms with Crippen LogP contribution in [0.4, 0.5) is 0 Å². The summed E-state index contributed by atoms with van der Waals surface area (Å²) in [5.41, 5.74) is 1.08. The van der Waals surface area contributed by atoms with Gasteiger partial charge in [-0.3, -0.25) is 4.79 Å². The molecule has 0 aromatic heterocycles. The van der Waals surface area contributed by atoms with Gasteiger partial charge in [0.2, 0.25) is 5.91 Å². The van der Waals surface area contributed by atoms with Crippen molar-refractivity contribution in [2.45, 2.75) is 57.6 Å². The summed E-state index contributed by atoms with van der Waals surface area (Å²) in [6.45, 7) is 5.12. The lowest BCUT2D eigenvalue weighted by atomic mass is 9.68. The van der Waals surface area contributed by atoms with Crippen molar-refractivity contribution in [1.82, 2.24) is 4.90 Å². The number of quaternary nitrogens is 1. The maximum Gasteiger partial charge on any atom is 0.235 e. The maximum atomic E-state index is 12.5. The average Bonchev–Trinajstić information content (AvgIpc) is 3.13. The smallest absolute Gasteiger partial charge is 0.235 e. The van der Waals surface area contributed by atoms with E-state index in [1.807, 2.05) is 0 Å². The molecule has 1 amide bonds. The summed E-state index contributed by atoms with van der Waals surface area (Å²) in [4.78, 5) is 25.9. The van der Waals surface area contributed by atoms with Crippen molar-refractivity contribution in [2.24, 2.45) is 17.8 Å².